The maximum absolute atomic E-state index is 10.7. The highest BCUT2D eigenvalue weighted by Gasteiger charge is 2.09. The Labute approximate surface area is 143 Å². The number of ether oxygens (including phenoxy) is 2. The smallest absolute Gasteiger partial charge is 0.269 e. The first kappa shape index (κ1) is 16.7. The molecule has 1 heterocycles. The van der Waals surface area contributed by atoms with E-state index in [4.69, 9.17) is 9.47 Å². The summed E-state index contributed by atoms with van der Waals surface area (Å²) >= 11 is 0. The van der Waals surface area contributed by atoms with Crippen LogP contribution in [0.2, 0.25) is 0 Å². The highest BCUT2D eigenvalue weighted by atomic mass is 16.6. The molecule has 0 aliphatic carbocycles. The van der Waals surface area contributed by atoms with Crippen molar-refractivity contribution in [1.29, 1.82) is 0 Å². The van der Waals surface area contributed by atoms with Gasteiger partial charge in [-0.3, -0.25) is 15.1 Å². The molecule has 1 N–H and O–H groups in total. The first-order valence-electron chi connectivity index (χ1n) is 7.65. The Morgan fingerprint density at radius 3 is 2.56 bits per heavy atom. The molecule has 0 aliphatic rings. The Hall–Kier alpha value is -3.19. The fourth-order valence-electron chi connectivity index (χ4n) is 2.26. The van der Waals surface area contributed by atoms with E-state index in [1.807, 2.05) is 6.07 Å². The first-order chi connectivity index (χ1) is 12.0. The Morgan fingerprint density at radius 1 is 1.16 bits per heavy atom. The van der Waals surface area contributed by atoms with Crippen molar-refractivity contribution in [2.75, 3.05) is 6.61 Å². The standard InChI is InChI=1S/C18H16N2O5/c1-12(21)11-24-15-6-7-16-17(10-15)19-9-8-18(16)25-14-4-2-13(3-5-14)20(22)23/h2-10,12,21H,11H2,1H3. The highest BCUT2D eigenvalue weighted by molar-refractivity contribution is 5.86. The molecule has 2 aromatic carbocycles. The fourth-order valence-corrected chi connectivity index (χ4v) is 2.26. The molecule has 0 bridgehead atoms. The van der Waals surface area contributed by atoms with Crippen molar-refractivity contribution in [3.05, 3.63) is 64.8 Å². The van der Waals surface area contributed by atoms with Crippen molar-refractivity contribution in [2.45, 2.75) is 13.0 Å². The molecular weight excluding hydrogens is 324 g/mol. The Balaban J connectivity index is 1.85. The van der Waals surface area contributed by atoms with Gasteiger partial charge in [0.15, 0.2) is 0 Å². The summed E-state index contributed by atoms with van der Waals surface area (Å²) in [6.45, 7) is 1.85. The number of nitro groups is 1. The molecule has 0 saturated carbocycles. The van der Waals surface area contributed by atoms with Gasteiger partial charge in [0.2, 0.25) is 0 Å². The lowest BCUT2D eigenvalue weighted by atomic mass is 10.2. The molecule has 0 spiro atoms. The largest absolute Gasteiger partial charge is 0.491 e. The van der Waals surface area contributed by atoms with Gasteiger partial charge in [0.25, 0.3) is 5.69 Å². The average molecular weight is 340 g/mol. The van der Waals surface area contributed by atoms with Crippen molar-refractivity contribution >= 4 is 16.6 Å². The molecule has 128 valence electrons. The van der Waals surface area contributed by atoms with Crippen molar-refractivity contribution in [3.63, 3.8) is 0 Å². The lowest BCUT2D eigenvalue weighted by Crippen LogP contribution is -2.12. The number of aromatic nitrogens is 1. The van der Waals surface area contributed by atoms with E-state index in [9.17, 15) is 15.2 Å². The van der Waals surface area contributed by atoms with Gasteiger partial charge in [-0.15, -0.1) is 0 Å². The SMILES string of the molecule is CC(O)COc1ccc2c(Oc3ccc([N+](=O)[O-])cc3)ccnc2c1. The van der Waals surface area contributed by atoms with Crippen LogP contribution in [0.3, 0.4) is 0 Å². The van der Waals surface area contributed by atoms with Gasteiger partial charge in [-0.2, -0.15) is 0 Å². The van der Waals surface area contributed by atoms with Crippen LogP contribution < -0.4 is 9.47 Å². The number of nitro benzene ring substituents is 1. The quantitative estimate of drug-likeness (QED) is 0.543. The van der Waals surface area contributed by atoms with Gasteiger partial charge in [0.1, 0.15) is 23.9 Å². The molecule has 1 aromatic heterocycles. The summed E-state index contributed by atoms with van der Waals surface area (Å²) in [6, 6.07) is 13.0. The molecule has 0 fully saturated rings. The summed E-state index contributed by atoms with van der Waals surface area (Å²) in [4.78, 5) is 14.5. The van der Waals surface area contributed by atoms with Gasteiger partial charge in [0.05, 0.1) is 16.5 Å². The predicted molar refractivity (Wildman–Crippen MR) is 92.1 cm³/mol. The molecule has 0 saturated heterocycles. The number of benzene rings is 2. The van der Waals surface area contributed by atoms with Crippen LogP contribution in [0.15, 0.2) is 54.7 Å². The number of aliphatic hydroxyl groups excluding tert-OH is 1. The summed E-state index contributed by atoms with van der Waals surface area (Å²) in [5.74, 6) is 1.68. The zero-order chi connectivity index (χ0) is 17.8. The number of nitrogens with zero attached hydrogens (tertiary/aromatic N) is 2. The number of rotatable bonds is 6. The Bertz CT molecular complexity index is 894. The lowest BCUT2D eigenvalue weighted by molar-refractivity contribution is -0.384. The average Bonchev–Trinajstić information content (AvgIpc) is 2.60. The topological polar surface area (TPSA) is 94.7 Å². The zero-order valence-corrected chi connectivity index (χ0v) is 13.5. The molecule has 7 nitrogen and oxygen atoms in total. The molecule has 1 atom stereocenters. The third-order valence-electron chi connectivity index (χ3n) is 3.44. The number of fused-ring (bicyclic) bond motifs is 1. The highest BCUT2D eigenvalue weighted by Crippen LogP contribution is 2.31. The molecule has 0 radical (unpaired) electrons. The van der Waals surface area contributed by atoms with Crippen molar-refractivity contribution < 1.29 is 19.5 Å². The van der Waals surface area contributed by atoms with Gasteiger partial charge in [0, 0.05) is 29.8 Å². The number of non-ortho nitro benzene ring substituents is 1. The zero-order valence-electron chi connectivity index (χ0n) is 13.5. The summed E-state index contributed by atoms with van der Waals surface area (Å²) < 4.78 is 11.3. The second kappa shape index (κ2) is 7.14. The van der Waals surface area contributed by atoms with Crippen LogP contribution in [0.4, 0.5) is 5.69 Å². The van der Waals surface area contributed by atoms with E-state index in [1.165, 1.54) is 12.1 Å². The van der Waals surface area contributed by atoms with Crippen LogP contribution in [0, 0.1) is 10.1 Å². The second-order valence-corrected chi connectivity index (χ2v) is 5.50. The number of hydrogen-bond acceptors (Lipinski definition) is 6. The van der Waals surface area contributed by atoms with Crippen LogP contribution in [0.1, 0.15) is 6.92 Å². The summed E-state index contributed by atoms with van der Waals surface area (Å²) in [5.41, 5.74) is 0.689. The molecule has 0 amide bonds. The predicted octanol–water partition coefficient (Wildman–Crippen LogP) is 3.69. The fraction of sp³-hybridized carbons (Fsp3) is 0.167. The molecule has 25 heavy (non-hydrogen) atoms. The van der Waals surface area contributed by atoms with E-state index in [0.29, 0.717) is 22.8 Å². The van der Waals surface area contributed by atoms with E-state index >= 15 is 0 Å². The van der Waals surface area contributed by atoms with Gasteiger partial charge < -0.3 is 14.6 Å². The van der Waals surface area contributed by atoms with E-state index < -0.39 is 11.0 Å². The van der Waals surface area contributed by atoms with Crippen LogP contribution in [0.5, 0.6) is 17.2 Å². The Kier molecular flexibility index (Phi) is 4.76. The third-order valence-corrected chi connectivity index (χ3v) is 3.44. The van der Waals surface area contributed by atoms with E-state index in [0.717, 1.165) is 5.39 Å². The summed E-state index contributed by atoms with van der Waals surface area (Å²) in [6.07, 6.45) is 1.06. The molecule has 0 aliphatic heterocycles. The van der Waals surface area contributed by atoms with Crippen LogP contribution in [-0.2, 0) is 0 Å². The molecular formula is C18H16N2O5. The molecule has 7 heteroatoms. The Morgan fingerprint density at radius 2 is 1.88 bits per heavy atom. The van der Waals surface area contributed by atoms with E-state index in [-0.39, 0.29) is 12.3 Å². The van der Waals surface area contributed by atoms with Crippen molar-refractivity contribution in [1.82, 2.24) is 4.98 Å². The monoisotopic (exact) mass is 340 g/mol. The number of hydrogen-bond donors (Lipinski definition) is 1. The minimum Gasteiger partial charge on any atom is -0.491 e. The number of pyridine rings is 1. The summed E-state index contributed by atoms with van der Waals surface area (Å²) in [7, 11) is 0. The minimum absolute atomic E-state index is 0.00633. The second-order valence-electron chi connectivity index (χ2n) is 5.50. The third kappa shape index (κ3) is 4.02. The molecule has 3 rings (SSSR count). The van der Waals surface area contributed by atoms with Gasteiger partial charge in [-0.05, 0) is 37.3 Å². The number of aliphatic hydroxyl groups is 1. The normalized spacial score (nSPS) is 11.9. The van der Waals surface area contributed by atoms with E-state index in [2.05, 4.69) is 4.98 Å². The van der Waals surface area contributed by atoms with Gasteiger partial charge >= 0.3 is 0 Å². The summed E-state index contributed by atoms with van der Waals surface area (Å²) in [5, 5.41) is 20.8. The van der Waals surface area contributed by atoms with Gasteiger partial charge in [-0.25, -0.2) is 0 Å². The van der Waals surface area contributed by atoms with Crippen LogP contribution >= 0.6 is 0 Å². The molecule has 1 unspecified atom stereocenters. The van der Waals surface area contributed by atoms with Crippen LogP contribution in [-0.4, -0.2) is 27.7 Å². The van der Waals surface area contributed by atoms with Gasteiger partial charge in [-0.1, -0.05) is 0 Å². The van der Waals surface area contributed by atoms with Crippen molar-refractivity contribution in [3.8, 4) is 17.2 Å². The first-order valence-corrected chi connectivity index (χ1v) is 7.65. The molecule has 3 aromatic rings. The van der Waals surface area contributed by atoms with Crippen molar-refractivity contribution in [2.24, 2.45) is 0 Å². The van der Waals surface area contributed by atoms with Crippen LogP contribution in [0.25, 0.3) is 10.9 Å². The minimum atomic E-state index is -0.555. The lowest BCUT2D eigenvalue weighted by Gasteiger charge is -2.11. The maximum atomic E-state index is 10.7. The van der Waals surface area contributed by atoms with E-state index in [1.54, 1.807) is 43.5 Å². The maximum Gasteiger partial charge on any atom is 0.269 e.